The van der Waals surface area contributed by atoms with Crippen molar-refractivity contribution in [2.24, 2.45) is 0 Å². The van der Waals surface area contributed by atoms with Crippen molar-refractivity contribution in [3.8, 4) is 34.5 Å². The third-order valence-corrected chi connectivity index (χ3v) is 15.0. The molecule has 0 saturated carbocycles. The topological polar surface area (TPSA) is 279 Å². The van der Waals surface area contributed by atoms with E-state index in [1.165, 1.54) is 146 Å². The van der Waals surface area contributed by atoms with Crippen molar-refractivity contribution in [2.45, 2.75) is 0 Å². The monoisotopic (exact) mass is 1240 g/mol. The Labute approximate surface area is 369 Å². The molecule has 0 atom stereocenters. The Morgan fingerprint density at radius 2 is 0.387 bits per heavy atom. The number of para-hydroxylation sites is 6. The van der Waals surface area contributed by atoms with Crippen LogP contribution in [0.15, 0.2) is 146 Å². The summed E-state index contributed by atoms with van der Waals surface area (Å²) >= 11 is -9.28. The van der Waals surface area contributed by atoms with E-state index in [1.54, 1.807) is 0 Å². The van der Waals surface area contributed by atoms with Crippen LogP contribution in [0, 0.1) is 0 Å². The Bertz CT molecular complexity index is 2150. The van der Waals surface area contributed by atoms with E-state index in [0.717, 1.165) is 0 Å². The Morgan fingerprint density at radius 1 is 0.258 bits per heavy atom. The second-order valence-electron chi connectivity index (χ2n) is 11.8. The second-order valence-corrected chi connectivity index (χ2v) is 19.6. The number of phenols is 6. The molecule has 0 saturated heterocycles. The number of benzene rings is 6. The molecule has 0 aliphatic heterocycles. The molecule has 6 N–H and O–H groups in total. The van der Waals surface area contributed by atoms with Crippen LogP contribution in [0.3, 0.4) is 0 Å². The molecule has 0 amide bonds. The number of aromatic hydroxyl groups is 6. The molecule has 6 aromatic rings. The molecule has 0 radical (unpaired) electrons. The predicted octanol–water partition coefficient (Wildman–Crippen LogP) is 5.32. The second kappa shape index (κ2) is 21.8. The van der Waals surface area contributed by atoms with Crippen LogP contribution in [0.5, 0.6) is 34.5 Å². The van der Waals surface area contributed by atoms with Crippen LogP contribution in [-0.4, -0.2) is 113 Å². The Balaban J connectivity index is 0.000000234. The zero-order valence-electron chi connectivity index (χ0n) is 31.3. The van der Waals surface area contributed by atoms with Gasteiger partial charge < -0.3 is 0 Å². The molecule has 0 unspecified atom stereocenters. The molecule has 18 nitrogen and oxygen atoms in total. The van der Waals surface area contributed by atoms with Crippen LogP contribution >= 0.6 is 0 Å². The molecule has 62 heavy (non-hydrogen) atoms. The van der Waals surface area contributed by atoms with E-state index in [0.29, 0.717) is 0 Å². The fourth-order valence-corrected chi connectivity index (χ4v) is 11.0. The van der Waals surface area contributed by atoms with Crippen LogP contribution in [0.25, 0.3) is 0 Å². The fourth-order valence-electron chi connectivity index (χ4n) is 4.69. The first-order valence-electron chi connectivity index (χ1n) is 17.4. The van der Waals surface area contributed by atoms with Crippen molar-refractivity contribution >= 4 is 82.0 Å². The summed E-state index contributed by atoms with van der Waals surface area (Å²) in [7, 11) is 0. The molecule has 6 aromatic carbocycles. The van der Waals surface area contributed by atoms with Crippen molar-refractivity contribution in [2.75, 3.05) is 0 Å². The summed E-state index contributed by atoms with van der Waals surface area (Å²) in [6.45, 7) is 0. The van der Waals surface area contributed by atoms with Gasteiger partial charge in [0.2, 0.25) is 0 Å². The first kappa shape index (κ1) is 45.8. The number of carbonyl (C=O) groups excluding carboxylic acids is 6. The molecular formula is C42H30Bi2O18. The van der Waals surface area contributed by atoms with Gasteiger partial charge in [0.1, 0.15) is 0 Å². The van der Waals surface area contributed by atoms with E-state index in [4.69, 9.17) is 16.9 Å². The summed E-state index contributed by atoms with van der Waals surface area (Å²) in [4.78, 5) is 74.6. The molecule has 316 valence electrons. The van der Waals surface area contributed by atoms with Gasteiger partial charge >= 0.3 is 372 Å². The molecule has 0 aromatic heterocycles. The predicted molar refractivity (Wildman–Crippen MR) is 213 cm³/mol. The van der Waals surface area contributed by atoms with E-state index in [2.05, 4.69) is 0 Å². The number of carbonyl (C=O) groups is 6. The molecule has 0 heterocycles. The van der Waals surface area contributed by atoms with Crippen LogP contribution < -0.4 is 0 Å². The van der Waals surface area contributed by atoms with Gasteiger partial charge in [-0.2, -0.15) is 0 Å². The van der Waals surface area contributed by atoms with Gasteiger partial charge in [-0.05, 0) is 0 Å². The van der Waals surface area contributed by atoms with Gasteiger partial charge in [-0.25, -0.2) is 0 Å². The van der Waals surface area contributed by atoms with Crippen LogP contribution in [0.4, 0.5) is 0 Å². The van der Waals surface area contributed by atoms with E-state index >= 15 is 0 Å². The van der Waals surface area contributed by atoms with Gasteiger partial charge in [0, 0.05) is 0 Å². The Hall–Kier alpha value is -7.29. The number of phenolic OH excluding ortho intramolecular Hbond substituents is 6. The Kier molecular flexibility index (Phi) is 16.1. The first-order valence-corrected chi connectivity index (χ1v) is 25.9. The van der Waals surface area contributed by atoms with E-state index < -0.39 is 82.0 Å². The minimum absolute atomic E-state index is 0.222. The molecule has 0 bridgehead atoms. The molecule has 0 aliphatic carbocycles. The average Bonchev–Trinajstić information content (AvgIpc) is 3.24. The minimum atomic E-state index is -4.64. The standard InChI is InChI=1S/6C7H6O3.2Bi/c6*8-6-4-2-1-3-5(6)7(9)10;;/h6*1-4,8H,(H,9,10);;/q;;;;;;2*+3/p-6. The molecule has 0 fully saturated rings. The number of rotatable bonds is 12. The van der Waals surface area contributed by atoms with Crippen molar-refractivity contribution in [1.29, 1.82) is 0 Å². The maximum absolute atomic E-state index is 12.4. The maximum atomic E-state index is 12.4. The van der Waals surface area contributed by atoms with Crippen molar-refractivity contribution in [3.05, 3.63) is 179 Å². The fraction of sp³-hybridized carbons (Fsp3) is 0. The van der Waals surface area contributed by atoms with Crippen molar-refractivity contribution in [1.82, 2.24) is 0 Å². The third-order valence-electron chi connectivity index (χ3n) is 7.69. The van der Waals surface area contributed by atoms with E-state index in [-0.39, 0.29) is 67.9 Å². The van der Waals surface area contributed by atoms with Gasteiger partial charge in [-0.1, -0.05) is 0 Å². The molecule has 0 aliphatic rings. The van der Waals surface area contributed by atoms with Crippen molar-refractivity contribution in [3.63, 3.8) is 0 Å². The zero-order chi connectivity index (χ0) is 44.8. The molecule has 20 heteroatoms. The number of hydrogen-bond acceptors (Lipinski definition) is 18. The average molecular weight is 1240 g/mol. The van der Waals surface area contributed by atoms with Crippen LogP contribution in [-0.2, 0) is 16.9 Å². The molecule has 0 spiro atoms. The van der Waals surface area contributed by atoms with Crippen LogP contribution in [0.1, 0.15) is 62.1 Å². The summed E-state index contributed by atoms with van der Waals surface area (Å²) in [6.07, 6.45) is 0. The van der Waals surface area contributed by atoms with Crippen LogP contribution in [0.2, 0.25) is 0 Å². The summed E-state index contributed by atoms with van der Waals surface area (Å²) in [5, 5.41) is 59.0. The van der Waals surface area contributed by atoms with Gasteiger partial charge in [0.05, 0.1) is 0 Å². The third kappa shape index (κ3) is 12.4. The molecular weight excluding hydrogens is 1210 g/mol. The Morgan fingerprint density at radius 3 is 0.516 bits per heavy atom. The normalized spacial score (nSPS) is 10.4. The molecule has 6 rings (SSSR count). The zero-order valence-corrected chi connectivity index (χ0v) is 38.3. The first-order chi connectivity index (χ1) is 29.7. The van der Waals surface area contributed by atoms with Gasteiger partial charge in [-0.3, -0.25) is 0 Å². The van der Waals surface area contributed by atoms with E-state index in [1.807, 2.05) is 0 Å². The SMILES string of the molecule is O=C([O][Bi]([O]C(=O)c1ccccc1O)[O]C(=O)c1ccccc1O)c1ccccc1O.O=C([O][Bi]([O]C(=O)c1ccccc1O)[O]C(=O)c1ccccc1O)c1ccccc1O. The van der Waals surface area contributed by atoms with Gasteiger partial charge in [-0.15, -0.1) is 0 Å². The summed E-state index contributed by atoms with van der Waals surface area (Å²) in [6, 6.07) is 32.9. The summed E-state index contributed by atoms with van der Waals surface area (Å²) < 4.78 is 30.8. The van der Waals surface area contributed by atoms with E-state index in [9.17, 15) is 59.4 Å². The summed E-state index contributed by atoms with van der Waals surface area (Å²) in [5.41, 5.74) is -1.33. The number of hydrogen-bond donors (Lipinski definition) is 6. The van der Waals surface area contributed by atoms with Crippen molar-refractivity contribution < 1.29 is 76.3 Å². The summed E-state index contributed by atoms with van der Waals surface area (Å²) in [5.74, 6) is -8.66. The quantitative estimate of drug-likeness (QED) is 0.0846. The van der Waals surface area contributed by atoms with Gasteiger partial charge in [0.25, 0.3) is 0 Å². The van der Waals surface area contributed by atoms with Gasteiger partial charge in [0.15, 0.2) is 0 Å².